The lowest BCUT2D eigenvalue weighted by Crippen LogP contribution is -2.47. The second-order valence-electron chi connectivity index (χ2n) is 7.35. The number of aromatic nitrogens is 2. The van der Waals surface area contributed by atoms with E-state index >= 15 is 0 Å². The summed E-state index contributed by atoms with van der Waals surface area (Å²) in [4.78, 5) is 37.2. The number of nitrogens with zero attached hydrogens (tertiary/aromatic N) is 5. The van der Waals surface area contributed by atoms with Crippen molar-refractivity contribution in [1.29, 1.82) is 0 Å². The molecule has 10 heteroatoms. The lowest BCUT2D eigenvalue weighted by atomic mass is 10.0. The maximum Gasteiger partial charge on any atom is 0.406 e. The van der Waals surface area contributed by atoms with Crippen LogP contribution in [-0.2, 0) is 4.79 Å². The van der Waals surface area contributed by atoms with Gasteiger partial charge in [-0.05, 0) is 31.9 Å². The molecule has 2 aliphatic rings. The zero-order valence-electron chi connectivity index (χ0n) is 15.8. The van der Waals surface area contributed by atoms with Crippen LogP contribution in [0.4, 0.5) is 23.8 Å². The van der Waals surface area contributed by atoms with Crippen LogP contribution in [0.5, 0.6) is 0 Å². The molecule has 1 aromatic carbocycles. The van der Waals surface area contributed by atoms with Crippen LogP contribution in [0.2, 0.25) is 0 Å². The van der Waals surface area contributed by atoms with Gasteiger partial charge in [0.05, 0.1) is 16.7 Å². The highest BCUT2D eigenvalue weighted by Crippen LogP contribution is 2.28. The Balaban J connectivity index is 1.44. The Bertz CT molecular complexity index is 957. The van der Waals surface area contributed by atoms with Crippen molar-refractivity contribution < 1.29 is 22.8 Å². The van der Waals surface area contributed by atoms with Crippen LogP contribution < -0.4 is 4.90 Å². The van der Waals surface area contributed by atoms with Crippen molar-refractivity contribution in [2.75, 3.05) is 31.1 Å². The number of amides is 3. The number of hydrogen-bond donors (Lipinski definition) is 0. The number of para-hydroxylation sites is 2. The molecular weight excluding hydrogens is 387 g/mol. The quantitative estimate of drug-likeness (QED) is 0.732. The summed E-state index contributed by atoms with van der Waals surface area (Å²) < 4.78 is 37.9. The van der Waals surface area contributed by atoms with E-state index in [0.717, 1.165) is 22.5 Å². The van der Waals surface area contributed by atoms with Crippen LogP contribution >= 0.6 is 0 Å². The normalized spacial score (nSPS) is 19.0. The molecular formula is C19H20F3N5O2. The van der Waals surface area contributed by atoms with Crippen molar-refractivity contribution in [3.05, 3.63) is 30.0 Å². The highest BCUT2D eigenvalue weighted by molar-refractivity contribution is 6.02. The number of alkyl halides is 3. The molecule has 0 N–H and O–H groups in total. The van der Waals surface area contributed by atoms with Gasteiger partial charge in [-0.2, -0.15) is 13.2 Å². The molecule has 3 heterocycles. The third-order valence-corrected chi connectivity index (χ3v) is 5.35. The zero-order chi connectivity index (χ0) is 20.8. The molecule has 0 atom stereocenters. The fraction of sp³-hybridized carbons (Fsp3) is 0.474. The van der Waals surface area contributed by atoms with E-state index in [1.54, 1.807) is 0 Å². The van der Waals surface area contributed by atoms with Gasteiger partial charge < -0.3 is 9.80 Å². The minimum absolute atomic E-state index is 0.269. The Labute approximate surface area is 165 Å². The highest BCUT2D eigenvalue weighted by Gasteiger charge is 2.45. The van der Waals surface area contributed by atoms with Gasteiger partial charge in [-0.25, -0.2) is 14.8 Å². The molecule has 2 saturated heterocycles. The topological polar surface area (TPSA) is 69.6 Å². The molecule has 154 valence electrons. The van der Waals surface area contributed by atoms with E-state index in [1.165, 1.54) is 4.90 Å². The Kier molecular flexibility index (Phi) is 4.79. The van der Waals surface area contributed by atoms with E-state index in [2.05, 4.69) is 9.88 Å². The summed E-state index contributed by atoms with van der Waals surface area (Å²) in [5.74, 6) is -0.0318. The number of urea groups is 1. The Morgan fingerprint density at radius 2 is 1.69 bits per heavy atom. The van der Waals surface area contributed by atoms with E-state index in [9.17, 15) is 22.8 Å². The highest BCUT2D eigenvalue weighted by atomic mass is 19.4. The van der Waals surface area contributed by atoms with E-state index < -0.39 is 24.7 Å². The Hall–Kier alpha value is -2.91. The largest absolute Gasteiger partial charge is 0.406 e. The number of carbonyl (C=O) groups excluding carboxylic acids is 2. The molecule has 0 unspecified atom stereocenters. The van der Waals surface area contributed by atoms with Gasteiger partial charge in [0.25, 0.3) is 5.91 Å². The second-order valence-corrected chi connectivity index (χ2v) is 7.35. The third kappa shape index (κ3) is 3.83. The number of hydrogen-bond acceptors (Lipinski definition) is 5. The van der Waals surface area contributed by atoms with Crippen molar-refractivity contribution in [3.8, 4) is 0 Å². The van der Waals surface area contributed by atoms with Gasteiger partial charge in [0, 0.05) is 19.1 Å². The lowest BCUT2D eigenvalue weighted by molar-refractivity contribution is -0.151. The fourth-order valence-electron chi connectivity index (χ4n) is 3.95. The predicted molar refractivity (Wildman–Crippen MR) is 99.4 cm³/mol. The number of imide groups is 1. The van der Waals surface area contributed by atoms with Gasteiger partial charge in [0.15, 0.2) is 5.82 Å². The third-order valence-electron chi connectivity index (χ3n) is 5.35. The SMILES string of the molecule is Cc1nc2ccccc2nc1N1CCC(N2CC(=O)N(CC(F)(F)F)C2=O)CC1. The van der Waals surface area contributed by atoms with E-state index in [0.29, 0.717) is 30.8 Å². The summed E-state index contributed by atoms with van der Waals surface area (Å²) in [6.07, 6.45) is -3.50. The molecule has 0 saturated carbocycles. The average molecular weight is 407 g/mol. The molecule has 2 aromatic rings. The number of piperidine rings is 1. The van der Waals surface area contributed by atoms with Crippen LogP contribution in [0.1, 0.15) is 18.5 Å². The molecule has 7 nitrogen and oxygen atoms in total. The van der Waals surface area contributed by atoms with Crippen molar-refractivity contribution in [3.63, 3.8) is 0 Å². The second kappa shape index (κ2) is 7.16. The first-order valence-corrected chi connectivity index (χ1v) is 9.39. The monoisotopic (exact) mass is 407 g/mol. The first-order valence-electron chi connectivity index (χ1n) is 9.39. The van der Waals surface area contributed by atoms with Crippen molar-refractivity contribution >= 4 is 28.8 Å². The van der Waals surface area contributed by atoms with Gasteiger partial charge in [-0.15, -0.1) is 0 Å². The minimum atomic E-state index is -4.60. The summed E-state index contributed by atoms with van der Waals surface area (Å²) in [5.41, 5.74) is 2.40. The van der Waals surface area contributed by atoms with E-state index in [-0.39, 0.29) is 12.6 Å². The number of aryl methyl sites for hydroxylation is 1. The zero-order valence-corrected chi connectivity index (χ0v) is 15.8. The van der Waals surface area contributed by atoms with Gasteiger partial charge in [-0.1, -0.05) is 12.1 Å². The van der Waals surface area contributed by atoms with Gasteiger partial charge in [0.2, 0.25) is 0 Å². The number of rotatable bonds is 3. The van der Waals surface area contributed by atoms with Crippen LogP contribution in [0.15, 0.2) is 24.3 Å². The summed E-state index contributed by atoms with van der Waals surface area (Å²) in [6.45, 7) is 1.21. The standard InChI is InChI=1S/C19H20F3N5O2/c1-12-17(24-15-5-3-2-4-14(15)23-12)25-8-6-13(7-9-25)26-10-16(28)27(18(26)29)11-19(20,21)22/h2-5,13H,6-11H2,1H3. The van der Waals surface area contributed by atoms with E-state index in [4.69, 9.17) is 4.98 Å². The molecule has 4 rings (SSSR count). The predicted octanol–water partition coefficient (Wildman–Crippen LogP) is 2.73. The van der Waals surface area contributed by atoms with Crippen LogP contribution in [-0.4, -0.2) is 70.1 Å². The van der Waals surface area contributed by atoms with Crippen molar-refractivity contribution in [2.45, 2.75) is 32.0 Å². The molecule has 0 aliphatic carbocycles. The molecule has 29 heavy (non-hydrogen) atoms. The molecule has 3 amide bonds. The van der Waals surface area contributed by atoms with Gasteiger partial charge in [0.1, 0.15) is 13.1 Å². The van der Waals surface area contributed by atoms with Gasteiger partial charge in [-0.3, -0.25) is 9.69 Å². The van der Waals surface area contributed by atoms with Gasteiger partial charge >= 0.3 is 12.2 Å². The van der Waals surface area contributed by atoms with E-state index in [1.807, 2.05) is 31.2 Å². The molecule has 2 fully saturated rings. The first-order chi connectivity index (χ1) is 13.7. The maximum absolute atomic E-state index is 12.6. The summed E-state index contributed by atoms with van der Waals surface area (Å²) >= 11 is 0. The summed E-state index contributed by atoms with van der Waals surface area (Å²) in [7, 11) is 0. The number of halogens is 3. The molecule has 1 aromatic heterocycles. The van der Waals surface area contributed by atoms with Crippen molar-refractivity contribution in [1.82, 2.24) is 19.8 Å². The fourth-order valence-corrected chi connectivity index (χ4v) is 3.95. The summed E-state index contributed by atoms with van der Waals surface area (Å²) in [5, 5.41) is 0. The molecule has 0 spiro atoms. The minimum Gasteiger partial charge on any atom is -0.355 e. The summed E-state index contributed by atoms with van der Waals surface area (Å²) in [6, 6.07) is 6.46. The Morgan fingerprint density at radius 1 is 1.07 bits per heavy atom. The number of carbonyl (C=O) groups is 2. The first kappa shape index (κ1) is 19.4. The lowest BCUT2D eigenvalue weighted by Gasteiger charge is -2.37. The number of anilines is 1. The van der Waals surface area contributed by atoms with Crippen LogP contribution in [0.3, 0.4) is 0 Å². The molecule has 0 radical (unpaired) electrons. The molecule has 2 aliphatic heterocycles. The average Bonchev–Trinajstić information content (AvgIpc) is 2.94. The van der Waals surface area contributed by atoms with Crippen molar-refractivity contribution in [2.24, 2.45) is 0 Å². The maximum atomic E-state index is 12.6. The molecule has 0 bridgehead atoms. The van der Waals surface area contributed by atoms with Crippen LogP contribution in [0.25, 0.3) is 11.0 Å². The smallest absolute Gasteiger partial charge is 0.355 e. The Morgan fingerprint density at radius 3 is 2.31 bits per heavy atom. The van der Waals surface area contributed by atoms with Crippen LogP contribution in [0, 0.1) is 6.92 Å². The number of benzene rings is 1. The number of fused-ring (bicyclic) bond motifs is 1.